The number of nitrogens with zero attached hydrogens (tertiary/aromatic N) is 2. The number of carboxylic acid groups (broad SMARTS) is 1. The van der Waals surface area contributed by atoms with Crippen LogP contribution >= 0.6 is 11.3 Å². The molecule has 0 aliphatic carbocycles. The smallest absolute Gasteiger partial charge is 0.308 e. The van der Waals surface area contributed by atoms with Crippen LogP contribution in [0.15, 0.2) is 60.8 Å². The summed E-state index contributed by atoms with van der Waals surface area (Å²) in [5.74, 6) is -0.339. The number of hydrogen-bond donors (Lipinski definition) is 1. The first kappa shape index (κ1) is 17.5. The summed E-state index contributed by atoms with van der Waals surface area (Å²) in [6.07, 6.45) is 2.00. The van der Waals surface area contributed by atoms with Crippen molar-refractivity contribution in [1.82, 2.24) is 9.38 Å². The predicted octanol–water partition coefficient (Wildman–Crippen LogP) is 5.48. The van der Waals surface area contributed by atoms with Crippen LogP contribution in [0.25, 0.3) is 27.5 Å². The van der Waals surface area contributed by atoms with Gasteiger partial charge in [0.2, 0.25) is 0 Å². The van der Waals surface area contributed by atoms with E-state index in [1.165, 1.54) is 16.9 Å². The summed E-state index contributed by atoms with van der Waals surface area (Å²) < 4.78 is 2.02. The maximum atomic E-state index is 11.3. The number of benzene rings is 2. The van der Waals surface area contributed by atoms with Crippen LogP contribution in [0.5, 0.6) is 0 Å². The molecule has 5 heteroatoms. The second-order valence-electron chi connectivity index (χ2n) is 6.87. The Morgan fingerprint density at radius 2 is 1.78 bits per heavy atom. The van der Waals surface area contributed by atoms with Crippen molar-refractivity contribution in [3.63, 3.8) is 0 Å². The van der Waals surface area contributed by atoms with E-state index in [-0.39, 0.29) is 6.42 Å². The normalized spacial score (nSPS) is 11.4. The van der Waals surface area contributed by atoms with E-state index in [1.807, 2.05) is 40.9 Å². The first-order chi connectivity index (χ1) is 13.0. The summed E-state index contributed by atoms with van der Waals surface area (Å²) in [5.41, 5.74) is 5.17. The van der Waals surface area contributed by atoms with Gasteiger partial charge in [0.05, 0.1) is 17.8 Å². The Hall–Kier alpha value is -2.92. The molecule has 4 aromatic rings. The topological polar surface area (TPSA) is 54.6 Å². The molecular weight excluding hydrogens is 356 g/mol. The standard InChI is InChI=1S/C22H20N2O2S/c1-14(2)15-8-10-16(11-9-15)18-13-24-21(17-6-4-3-5-7-17)19(12-20(25)26)27-22(24)23-18/h3-11,13-14H,12H2,1-2H3,(H,25,26). The van der Waals surface area contributed by atoms with Gasteiger partial charge in [-0.25, -0.2) is 4.98 Å². The van der Waals surface area contributed by atoms with E-state index in [4.69, 9.17) is 4.98 Å². The number of thiazole rings is 1. The first-order valence-electron chi connectivity index (χ1n) is 8.91. The Bertz CT molecular complexity index is 1090. The molecule has 1 N–H and O–H groups in total. The molecular formula is C22H20N2O2S. The number of carbonyl (C=O) groups is 1. The van der Waals surface area contributed by atoms with Crippen molar-refractivity contribution in [1.29, 1.82) is 0 Å². The van der Waals surface area contributed by atoms with E-state index in [9.17, 15) is 9.90 Å². The summed E-state index contributed by atoms with van der Waals surface area (Å²) in [6, 6.07) is 18.4. The number of aromatic nitrogens is 2. The Labute approximate surface area is 161 Å². The zero-order chi connectivity index (χ0) is 19.0. The van der Waals surface area contributed by atoms with Crippen LogP contribution in [0.3, 0.4) is 0 Å². The van der Waals surface area contributed by atoms with Crippen molar-refractivity contribution < 1.29 is 9.90 Å². The molecule has 0 radical (unpaired) electrons. The quantitative estimate of drug-likeness (QED) is 0.502. The van der Waals surface area contributed by atoms with Crippen LogP contribution in [0.2, 0.25) is 0 Å². The fourth-order valence-corrected chi connectivity index (χ4v) is 4.33. The molecule has 4 nitrogen and oxygen atoms in total. The van der Waals surface area contributed by atoms with Gasteiger partial charge in [-0.2, -0.15) is 0 Å². The molecule has 2 aromatic heterocycles. The molecule has 136 valence electrons. The molecule has 0 bridgehead atoms. The Balaban J connectivity index is 1.83. The highest BCUT2D eigenvalue weighted by Crippen LogP contribution is 2.34. The molecule has 0 aliphatic heterocycles. The lowest BCUT2D eigenvalue weighted by atomic mass is 10.0. The molecule has 4 rings (SSSR count). The fraction of sp³-hybridized carbons (Fsp3) is 0.182. The lowest BCUT2D eigenvalue weighted by Gasteiger charge is -2.05. The molecule has 0 saturated heterocycles. The van der Waals surface area contributed by atoms with Crippen LogP contribution in [0.1, 0.15) is 30.2 Å². The summed E-state index contributed by atoms with van der Waals surface area (Å²) in [6.45, 7) is 4.36. The highest BCUT2D eigenvalue weighted by Gasteiger charge is 2.19. The van der Waals surface area contributed by atoms with Crippen molar-refractivity contribution >= 4 is 22.3 Å². The van der Waals surface area contributed by atoms with Gasteiger partial charge in [0.15, 0.2) is 4.96 Å². The molecule has 0 saturated carbocycles. The minimum absolute atomic E-state index is 0.00330. The van der Waals surface area contributed by atoms with Gasteiger partial charge in [0.1, 0.15) is 0 Å². The van der Waals surface area contributed by atoms with Gasteiger partial charge in [-0.15, -0.1) is 11.3 Å². The molecule has 0 aliphatic rings. The summed E-state index contributed by atoms with van der Waals surface area (Å²) >= 11 is 1.44. The third kappa shape index (κ3) is 3.38. The number of hydrogen-bond acceptors (Lipinski definition) is 3. The van der Waals surface area contributed by atoms with E-state index in [0.29, 0.717) is 5.92 Å². The van der Waals surface area contributed by atoms with E-state index in [1.54, 1.807) is 0 Å². The highest BCUT2D eigenvalue weighted by atomic mass is 32.1. The molecule has 0 fully saturated rings. The van der Waals surface area contributed by atoms with Crippen molar-refractivity contribution in [2.45, 2.75) is 26.2 Å². The molecule has 2 heterocycles. The van der Waals surface area contributed by atoms with Crippen molar-refractivity contribution in [2.24, 2.45) is 0 Å². The van der Waals surface area contributed by atoms with E-state index >= 15 is 0 Å². The largest absolute Gasteiger partial charge is 0.481 e. The van der Waals surface area contributed by atoms with E-state index < -0.39 is 5.97 Å². The lowest BCUT2D eigenvalue weighted by Crippen LogP contribution is -2.00. The van der Waals surface area contributed by atoms with Crippen LogP contribution in [-0.2, 0) is 11.2 Å². The molecule has 0 atom stereocenters. The van der Waals surface area contributed by atoms with E-state index in [2.05, 4.69) is 38.1 Å². The minimum atomic E-state index is -0.832. The SMILES string of the molecule is CC(C)c1ccc(-c2cn3c(-c4ccccc4)c(CC(=O)O)sc3n2)cc1. The van der Waals surface area contributed by atoms with Gasteiger partial charge in [-0.3, -0.25) is 9.20 Å². The van der Waals surface area contributed by atoms with Crippen LogP contribution in [-0.4, -0.2) is 20.5 Å². The third-order valence-electron chi connectivity index (χ3n) is 4.63. The second-order valence-corrected chi connectivity index (χ2v) is 7.93. The Morgan fingerprint density at radius 1 is 1.07 bits per heavy atom. The van der Waals surface area contributed by atoms with Crippen molar-refractivity contribution in [3.8, 4) is 22.5 Å². The van der Waals surface area contributed by atoms with Gasteiger partial charge in [-0.1, -0.05) is 68.4 Å². The molecule has 0 unspecified atom stereocenters. The van der Waals surface area contributed by atoms with Gasteiger partial charge in [0, 0.05) is 16.6 Å². The summed E-state index contributed by atoms with van der Waals surface area (Å²) in [7, 11) is 0. The van der Waals surface area contributed by atoms with Gasteiger partial charge in [0.25, 0.3) is 0 Å². The number of aliphatic carboxylic acids is 1. The first-order valence-corrected chi connectivity index (χ1v) is 9.73. The average molecular weight is 376 g/mol. The lowest BCUT2D eigenvalue weighted by molar-refractivity contribution is -0.136. The molecule has 0 amide bonds. The van der Waals surface area contributed by atoms with Gasteiger partial charge >= 0.3 is 5.97 Å². The minimum Gasteiger partial charge on any atom is -0.481 e. The highest BCUT2D eigenvalue weighted by molar-refractivity contribution is 7.17. The zero-order valence-corrected chi connectivity index (χ0v) is 16.0. The Kier molecular flexibility index (Phi) is 4.54. The Morgan fingerprint density at radius 3 is 2.41 bits per heavy atom. The second kappa shape index (κ2) is 7.00. The fourth-order valence-electron chi connectivity index (χ4n) is 3.22. The molecule has 2 aromatic carbocycles. The zero-order valence-electron chi connectivity index (χ0n) is 15.2. The van der Waals surface area contributed by atoms with Crippen molar-refractivity contribution in [2.75, 3.05) is 0 Å². The van der Waals surface area contributed by atoms with Gasteiger partial charge in [-0.05, 0) is 17.0 Å². The average Bonchev–Trinajstić information content (AvgIpc) is 3.19. The monoisotopic (exact) mass is 376 g/mol. The van der Waals surface area contributed by atoms with E-state index in [0.717, 1.165) is 32.4 Å². The summed E-state index contributed by atoms with van der Waals surface area (Å²) in [5, 5.41) is 9.28. The van der Waals surface area contributed by atoms with Crippen LogP contribution in [0.4, 0.5) is 0 Å². The summed E-state index contributed by atoms with van der Waals surface area (Å²) in [4.78, 5) is 17.7. The number of rotatable bonds is 5. The number of fused-ring (bicyclic) bond motifs is 1. The maximum absolute atomic E-state index is 11.3. The van der Waals surface area contributed by atoms with Crippen LogP contribution < -0.4 is 0 Å². The van der Waals surface area contributed by atoms with Gasteiger partial charge < -0.3 is 5.11 Å². The number of imidazole rings is 1. The molecule has 0 spiro atoms. The van der Waals surface area contributed by atoms with Crippen molar-refractivity contribution in [3.05, 3.63) is 71.2 Å². The predicted molar refractivity (Wildman–Crippen MR) is 109 cm³/mol. The van der Waals surface area contributed by atoms with Crippen LogP contribution in [0, 0.1) is 0 Å². The molecule has 27 heavy (non-hydrogen) atoms. The third-order valence-corrected chi connectivity index (χ3v) is 5.68. The maximum Gasteiger partial charge on any atom is 0.308 e. The number of carboxylic acids is 1.